The highest BCUT2D eigenvalue weighted by Crippen LogP contribution is 2.39. The highest BCUT2D eigenvalue weighted by atomic mass is 16.7. The fourth-order valence-electron chi connectivity index (χ4n) is 5.50. The van der Waals surface area contributed by atoms with E-state index in [-0.39, 0.29) is 43.1 Å². The van der Waals surface area contributed by atoms with Crippen LogP contribution in [0.15, 0.2) is 24.3 Å². The fraction of sp³-hybridized carbons (Fsp3) is 0.548. The average molecular weight is 644 g/mol. The molecular formula is C31H42B2O13. The minimum Gasteiger partial charge on any atom is -0.508 e. The van der Waals surface area contributed by atoms with E-state index < -0.39 is 32.4 Å². The number of aliphatic carboxylic acids is 1. The summed E-state index contributed by atoms with van der Waals surface area (Å²) < 4.78 is 38.9. The minimum absolute atomic E-state index is 0.0122. The first-order valence-electron chi connectivity index (χ1n) is 15.6. The second-order valence-corrected chi connectivity index (χ2v) is 11.7. The summed E-state index contributed by atoms with van der Waals surface area (Å²) in [7, 11) is -2.40. The van der Waals surface area contributed by atoms with Gasteiger partial charge in [-0.15, -0.1) is 0 Å². The minimum atomic E-state index is -1.25. The number of phenolic OH excluding ortho intramolecular Hbond substituents is 1. The molecule has 15 heteroatoms. The monoisotopic (exact) mass is 644 g/mol. The number of ether oxygens (including phenoxy) is 5. The van der Waals surface area contributed by atoms with Crippen molar-refractivity contribution in [2.45, 2.75) is 97.4 Å². The topological polar surface area (TPSA) is 180 Å². The molecule has 46 heavy (non-hydrogen) atoms. The van der Waals surface area contributed by atoms with Gasteiger partial charge in [0.2, 0.25) is 0 Å². The third kappa shape index (κ3) is 9.07. The molecule has 3 aliphatic rings. The van der Waals surface area contributed by atoms with Crippen LogP contribution in [0.5, 0.6) is 23.0 Å². The molecule has 0 saturated carbocycles. The van der Waals surface area contributed by atoms with Gasteiger partial charge in [-0.2, -0.15) is 0 Å². The number of hydrogen-bond acceptors (Lipinski definition) is 12. The molecule has 4 N–H and O–H groups in total. The van der Waals surface area contributed by atoms with Crippen molar-refractivity contribution in [3.8, 4) is 23.0 Å². The Bertz CT molecular complexity index is 1360. The van der Waals surface area contributed by atoms with Crippen molar-refractivity contribution in [2.75, 3.05) is 13.2 Å². The Hall–Kier alpha value is -3.49. The Morgan fingerprint density at radius 1 is 0.891 bits per heavy atom. The van der Waals surface area contributed by atoms with E-state index in [4.69, 9.17) is 38.1 Å². The molecule has 3 unspecified atom stereocenters. The molecule has 2 aromatic carbocycles. The third-order valence-corrected chi connectivity index (χ3v) is 7.22. The molecule has 1 fully saturated rings. The zero-order chi connectivity index (χ0) is 33.5. The summed E-state index contributed by atoms with van der Waals surface area (Å²) in [5.74, 6) is -0.0432. The summed E-state index contributed by atoms with van der Waals surface area (Å²) in [5, 5.41) is 38.6. The first kappa shape index (κ1) is 35.4. The van der Waals surface area contributed by atoms with Gasteiger partial charge in [0, 0.05) is 29.7 Å². The van der Waals surface area contributed by atoms with Gasteiger partial charge >= 0.3 is 26.2 Å². The molecule has 0 radical (unpaired) electrons. The van der Waals surface area contributed by atoms with E-state index in [1.165, 1.54) is 12.1 Å². The lowest BCUT2D eigenvalue weighted by molar-refractivity contribution is -0.145. The summed E-state index contributed by atoms with van der Waals surface area (Å²) in [5.41, 5.74) is 2.05. The van der Waals surface area contributed by atoms with Gasteiger partial charge in [0.15, 0.2) is 6.29 Å². The molecule has 0 spiro atoms. The van der Waals surface area contributed by atoms with E-state index in [2.05, 4.69) is 0 Å². The second-order valence-electron chi connectivity index (χ2n) is 11.7. The maximum absolute atomic E-state index is 11.9. The molecule has 0 bridgehead atoms. The smallest absolute Gasteiger partial charge is 0.492 e. The SMILES string of the molecule is CC(C)Oc1cc(O)cc2c1C(CC(=O)O)OB2O.CCOC(=O)CC1OB(O)c2cc(OC3CCCCO3)cc(OC(C)C)c21. The lowest BCUT2D eigenvalue weighted by Gasteiger charge is -2.25. The number of carboxylic acids is 1. The molecule has 0 aliphatic carbocycles. The van der Waals surface area contributed by atoms with E-state index >= 15 is 0 Å². The molecule has 13 nitrogen and oxygen atoms in total. The van der Waals surface area contributed by atoms with E-state index in [9.17, 15) is 24.7 Å². The van der Waals surface area contributed by atoms with Crippen molar-refractivity contribution >= 4 is 37.1 Å². The highest BCUT2D eigenvalue weighted by molar-refractivity contribution is 6.62. The summed E-state index contributed by atoms with van der Waals surface area (Å²) >= 11 is 0. The molecule has 0 aromatic heterocycles. The Morgan fingerprint density at radius 2 is 1.48 bits per heavy atom. The maximum atomic E-state index is 11.9. The van der Waals surface area contributed by atoms with E-state index in [1.807, 2.05) is 27.7 Å². The van der Waals surface area contributed by atoms with Gasteiger partial charge in [-0.25, -0.2) is 0 Å². The van der Waals surface area contributed by atoms with Gasteiger partial charge in [-0.05, 0) is 70.5 Å². The lowest BCUT2D eigenvalue weighted by atomic mass is 9.78. The zero-order valence-corrected chi connectivity index (χ0v) is 26.8. The van der Waals surface area contributed by atoms with Crippen LogP contribution in [0.2, 0.25) is 0 Å². The van der Waals surface area contributed by atoms with Gasteiger partial charge < -0.3 is 53.3 Å². The molecule has 3 heterocycles. The number of aromatic hydroxyl groups is 1. The Kier molecular flexibility index (Phi) is 12.2. The average Bonchev–Trinajstić information content (AvgIpc) is 3.43. The molecule has 3 aliphatic heterocycles. The molecule has 5 rings (SSSR count). The number of phenols is 1. The Labute approximate surface area is 268 Å². The molecular weight excluding hydrogens is 602 g/mol. The number of rotatable bonds is 11. The molecule has 250 valence electrons. The standard InChI is InChI=1S/C19H27BO7.C12H15BO6/c1-4-23-17(21)11-16-19-14(20(22)27-16)9-13(10-15(19)25-12(2)3)26-18-7-5-6-8-24-18;1-6(2)18-9-4-7(14)3-8-12(9)10(5-11(15)16)19-13(8)17/h9-10,12,16,18,22H,4-8,11H2,1-3H3;3-4,6,10,14,17H,5H2,1-2H3,(H,15,16). The Morgan fingerprint density at radius 3 is 2.02 bits per heavy atom. The molecule has 1 saturated heterocycles. The van der Waals surface area contributed by atoms with Crippen LogP contribution in [0.3, 0.4) is 0 Å². The van der Waals surface area contributed by atoms with Crippen molar-refractivity contribution in [3.63, 3.8) is 0 Å². The predicted molar refractivity (Wildman–Crippen MR) is 167 cm³/mol. The largest absolute Gasteiger partial charge is 0.508 e. The summed E-state index contributed by atoms with van der Waals surface area (Å²) in [6, 6.07) is 6.26. The summed E-state index contributed by atoms with van der Waals surface area (Å²) in [6.45, 7) is 10.2. The van der Waals surface area contributed by atoms with E-state index in [0.29, 0.717) is 52.5 Å². The van der Waals surface area contributed by atoms with Crippen molar-refractivity contribution < 1.29 is 62.8 Å². The second kappa shape index (κ2) is 15.9. The van der Waals surface area contributed by atoms with Crippen LogP contribution in [-0.2, 0) is 28.4 Å². The van der Waals surface area contributed by atoms with Gasteiger partial charge in [0.05, 0.1) is 50.5 Å². The van der Waals surface area contributed by atoms with Gasteiger partial charge in [-0.1, -0.05) is 0 Å². The molecule has 3 atom stereocenters. The van der Waals surface area contributed by atoms with Crippen molar-refractivity contribution in [1.82, 2.24) is 0 Å². The first-order chi connectivity index (χ1) is 21.9. The molecule has 0 amide bonds. The van der Waals surface area contributed by atoms with Gasteiger partial charge in [0.1, 0.15) is 23.0 Å². The normalized spacial score (nSPS) is 20.2. The van der Waals surface area contributed by atoms with Crippen molar-refractivity contribution in [3.05, 3.63) is 35.4 Å². The van der Waals surface area contributed by atoms with Crippen LogP contribution in [-0.4, -0.2) is 78.1 Å². The van der Waals surface area contributed by atoms with Crippen LogP contribution < -0.4 is 25.1 Å². The number of carboxylic acid groups (broad SMARTS) is 1. The summed E-state index contributed by atoms with van der Waals surface area (Å²) in [6.07, 6.45) is 0.707. The third-order valence-electron chi connectivity index (χ3n) is 7.22. The van der Waals surface area contributed by atoms with E-state index in [1.54, 1.807) is 19.1 Å². The number of carbonyl (C=O) groups excluding carboxylic acids is 1. The Balaban J connectivity index is 0.000000222. The quantitative estimate of drug-likeness (QED) is 0.207. The van der Waals surface area contributed by atoms with Crippen molar-refractivity contribution in [1.29, 1.82) is 0 Å². The zero-order valence-electron chi connectivity index (χ0n) is 26.8. The fourth-order valence-corrected chi connectivity index (χ4v) is 5.50. The van der Waals surface area contributed by atoms with Gasteiger partial charge in [0.25, 0.3) is 0 Å². The maximum Gasteiger partial charge on any atom is 0.492 e. The number of fused-ring (bicyclic) bond motifs is 2. The van der Waals surface area contributed by atoms with Crippen LogP contribution in [0.4, 0.5) is 0 Å². The summed E-state index contributed by atoms with van der Waals surface area (Å²) in [4.78, 5) is 22.7. The predicted octanol–water partition coefficient (Wildman–Crippen LogP) is 2.50. The first-order valence-corrected chi connectivity index (χ1v) is 15.6. The number of benzene rings is 2. The van der Waals surface area contributed by atoms with Crippen LogP contribution in [0.25, 0.3) is 0 Å². The van der Waals surface area contributed by atoms with E-state index in [0.717, 1.165) is 19.3 Å². The van der Waals surface area contributed by atoms with Crippen LogP contribution in [0.1, 0.15) is 90.1 Å². The lowest BCUT2D eigenvalue weighted by Crippen LogP contribution is -2.30. The number of esters is 1. The van der Waals surface area contributed by atoms with Crippen LogP contribution in [0, 0.1) is 0 Å². The number of hydrogen-bond donors (Lipinski definition) is 4. The van der Waals surface area contributed by atoms with Crippen molar-refractivity contribution in [2.24, 2.45) is 0 Å². The molecule has 2 aromatic rings. The highest BCUT2D eigenvalue weighted by Gasteiger charge is 2.41. The van der Waals surface area contributed by atoms with Crippen LogP contribution >= 0.6 is 0 Å². The van der Waals surface area contributed by atoms with Gasteiger partial charge in [-0.3, -0.25) is 9.59 Å². The number of carbonyl (C=O) groups is 2.